The van der Waals surface area contributed by atoms with Crippen molar-refractivity contribution < 1.29 is 0 Å². The number of thioether (sulfide) groups is 1. The molecule has 18 heavy (non-hydrogen) atoms. The summed E-state index contributed by atoms with van der Waals surface area (Å²) < 4.78 is 2.34. The molecule has 0 atom stereocenters. The Hall–Kier alpha value is -0.960. The molecule has 2 nitrogen and oxygen atoms in total. The summed E-state index contributed by atoms with van der Waals surface area (Å²) in [6, 6.07) is 2.28. The summed E-state index contributed by atoms with van der Waals surface area (Å²) in [4.78, 5) is 4.49. The van der Waals surface area contributed by atoms with Crippen LogP contribution in [0.4, 0.5) is 0 Å². The maximum atomic E-state index is 4.49. The number of hydrogen-bond donors (Lipinski definition) is 0. The van der Waals surface area contributed by atoms with E-state index in [1.807, 2.05) is 0 Å². The van der Waals surface area contributed by atoms with Crippen molar-refractivity contribution >= 4 is 22.5 Å². The predicted octanol–water partition coefficient (Wildman–Crippen LogP) is 4.01. The van der Waals surface area contributed by atoms with E-state index in [0.29, 0.717) is 0 Å². The number of fused-ring (bicyclic) bond motifs is 1. The van der Waals surface area contributed by atoms with E-state index in [2.05, 4.69) is 48.0 Å². The van der Waals surface area contributed by atoms with E-state index in [1.54, 1.807) is 11.8 Å². The first-order valence-corrected chi connectivity index (χ1v) is 7.95. The molecule has 3 heteroatoms. The van der Waals surface area contributed by atoms with E-state index < -0.39 is 0 Å². The third-order valence-electron chi connectivity index (χ3n) is 3.43. The molecule has 1 aromatic heterocycles. The van der Waals surface area contributed by atoms with Crippen LogP contribution in [0.5, 0.6) is 0 Å². The van der Waals surface area contributed by atoms with Gasteiger partial charge in [-0.2, -0.15) is 0 Å². The second-order valence-electron chi connectivity index (χ2n) is 4.67. The highest BCUT2D eigenvalue weighted by atomic mass is 32.2. The highest BCUT2D eigenvalue weighted by Gasteiger charge is 2.14. The molecule has 0 fully saturated rings. The molecular formula is C15H22N2S. The second kappa shape index (κ2) is 6.28. The molecule has 98 valence electrons. The molecule has 0 N–H and O–H groups in total. The Kier molecular flexibility index (Phi) is 4.70. The first kappa shape index (κ1) is 13.5. The minimum absolute atomic E-state index is 0.851. The standard InChI is InChI=1S/C15H22N2S/c1-4-16-15(18-3)11-12(2)17-10-9-13-7-5-6-8-14(13)17/h9-11H,4-8H2,1-3H3/b12-11-,16-15?. The first-order chi connectivity index (χ1) is 8.76. The van der Waals surface area contributed by atoms with E-state index in [0.717, 1.165) is 11.6 Å². The summed E-state index contributed by atoms with van der Waals surface area (Å²) in [5.41, 5.74) is 4.32. The van der Waals surface area contributed by atoms with Crippen molar-refractivity contribution in [2.45, 2.75) is 39.5 Å². The number of aryl methyl sites for hydroxylation is 1. The molecule has 0 bridgehead atoms. The SMILES string of the molecule is CCN=C(/C=C(/C)n1ccc2c1CCCC2)SC. The van der Waals surface area contributed by atoms with E-state index in [-0.39, 0.29) is 0 Å². The van der Waals surface area contributed by atoms with Gasteiger partial charge < -0.3 is 4.57 Å². The highest BCUT2D eigenvalue weighted by Crippen LogP contribution is 2.25. The molecule has 1 aromatic rings. The van der Waals surface area contributed by atoms with Crippen LogP contribution >= 0.6 is 11.8 Å². The Morgan fingerprint density at radius 1 is 1.44 bits per heavy atom. The van der Waals surface area contributed by atoms with Gasteiger partial charge in [-0.3, -0.25) is 4.99 Å². The Labute approximate surface area is 114 Å². The van der Waals surface area contributed by atoms with Crippen LogP contribution < -0.4 is 0 Å². The van der Waals surface area contributed by atoms with Gasteiger partial charge in [-0.25, -0.2) is 0 Å². The zero-order valence-corrected chi connectivity index (χ0v) is 12.4. The third-order valence-corrected chi connectivity index (χ3v) is 4.10. The van der Waals surface area contributed by atoms with Crippen LogP contribution in [0.25, 0.3) is 5.70 Å². The maximum Gasteiger partial charge on any atom is 0.0918 e. The second-order valence-corrected chi connectivity index (χ2v) is 5.49. The molecule has 1 heterocycles. The Balaban J connectivity index is 2.28. The smallest absolute Gasteiger partial charge is 0.0918 e. The topological polar surface area (TPSA) is 17.3 Å². The van der Waals surface area contributed by atoms with Crippen molar-refractivity contribution in [3.63, 3.8) is 0 Å². The molecule has 0 radical (unpaired) electrons. The summed E-state index contributed by atoms with van der Waals surface area (Å²) in [5.74, 6) is 0. The van der Waals surface area contributed by atoms with Gasteiger partial charge in [-0.1, -0.05) is 0 Å². The molecule has 0 saturated heterocycles. The van der Waals surface area contributed by atoms with Crippen LogP contribution in [0.15, 0.2) is 23.3 Å². The lowest BCUT2D eigenvalue weighted by Gasteiger charge is -2.16. The number of allylic oxidation sites excluding steroid dienone is 1. The van der Waals surface area contributed by atoms with Crippen LogP contribution in [0.1, 0.15) is 37.9 Å². The summed E-state index contributed by atoms with van der Waals surface area (Å²) >= 11 is 1.72. The van der Waals surface area contributed by atoms with Crippen LogP contribution in [0, 0.1) is 0 Å². The number of hydrogen-bond acceptors (Lipinski definition) is 2. The lowest BCUT2D eigenvalue weighted by atomic mass is 9.98. The van der Waals surface area contributed by atoms with Gasteiger partial charge in [0.25, 0.3) is 0 Å². The zero-order chi connectivity index (χ0) is 13.0. The van der Waals surface area contributed by atoms with Crippen molar-refractivity contribution in [1.82, 2.24) is 4.57 Å². The quantitative estimate of drug-likeness (QED) is 0.594. The normalized spacial score (nSPS) is 16.8. The molecule has 0 amide bonds. The van der Waals surface area contributed by atoms with Gasteiger partial charge in [0.05, 0.1) is 5.04 Å². The largest absolute Gasteiger partial charge is 0.325 e. The number of aliphatic imine (C=N–C) groups is 1. The van der Waals surface area contributed by atoms with Gasteiger partial charge in [0, 0.05) is 24.1 Å². The Bertz CT molecular complexity index is 469. The molecule has 2 rings (SSSR count). The lowest BCUT2D eigenvalue weighted by molar-refractivity contribution is 0.665. The monoisotopic (exact) mass is 262 g/mol. The fourth-order valence-electron chi connectivity index (χ4n) is 2.53. The predicted molar refractivity (Wildman–Crippen MR) is 82.5 cm³/mol. The van der Waals surface area contributed by atoms with Crippen molar-refractivity contribution in [1.29, 1.82) is 0 Å². The average Bonchev–Trinajstić information content (AvgIpc) is 2.82. The van der Waals surface area contributed by atoms with Gasteiger partial charge in [-0.05, 0) is 63.5 Å². The van der Waals surface area contributed by atoms with Gasteiger partial charge in [0.1, 0.15) is 0 Å². The summed E-state index contributed by atoms with van der Waals surface area (Å²) in [5, 5.41) is 1.12. The van der Waals surface area contributed by atoms with Crippen molar-refractivity contribution in [2.75, 3.05) is 12.8 Å². The number of aromatic nitrogens is 1. The van der Waals surface area contributed by atoms with Crippen molar-refractivity contribution in [3.8, 4) is 0 Å². The van der Waals surface area contributed by atoms with Gasteiger partial charge in [0.2, 0.25) is 0 Å². The number of rotatable bonds is 3. The molecular weight excluding hydrogens is 240 g/mol. The lowest BCUT2D eigenvalue weighted by Crippen LogP contribution is -2.07. The minimum Gasteiger partial charge on any atom is -0.325 e. The minimum atomic E-state index is 0.851. The van der Waals surface area contributed by atoms with Gasteiger partial charge >= 0.3 is 0 Å². The molecule has 0 aromatic carbocycles. The molecule has 1 aliphatic carbocycles. The van der Waals surface area contributed by atoms with Crippen molar-refractivity contribution in [2.24, 2.45) is 4.99 Å². The maximum absolute atomic E-state index is 4.49. The van der Waals surface area contributed by atoms with E-state index in [4.69, 9.17) is 0 Å². The number of nitrogens with zero attached hydrogens (tertiary/aromatic N) is 2. The van der Waals surface area contributed by atoms with Crippen LogP contribution in [-0.2, 0) is 12.8 Å². The summed E-state index contributed by atoms with van der Waals surface area (Å²) in [6.07, 6.45) is 11.6. The fourth-order valence-corrected chi connectivity index (χ4v) is 3.07. The van der Waals surface area contributed by atoms with Gasteiger partial charge in [-0.15, -0.1) is 11.8 Å². The first-order valence-electron chi connectivity index (χ1n) is 6.72. The summed E-state index contributed by atoms with van der Waals surface area (Å²) in [6.45, 7) is 5.11. The van der Waals surface area contributed by atoms with Crippen LogP contribution in [0.3, 0.4) is 0 Å². The molecule has 0 aliphatic heterocycles. The van der Waals surface area contributed by atoms with E-state index in [9.17, 15) is 0 Å². The average molecular weight is 262 g/mol. The zero-order valence-electron chi connectivity index (χ0n) is 11.6. The molecule has 0 unspecified atom stereocenters. The van der Waals surface area contributed by atoms with Crippen LogP contribution in [-0.4, -0.2) is 22.4 Å². The highest BCUT2D eigenvalue weighted by molar-refractivity contribution is 8.13. The Morgan fingerprint density at radius 3 is 2.94 bits per heavy atom. The van der Waals surface area contributed by atoms with E-state index >= 15 is 0 Å². The van der Waals surface area contributed by atoms with Crippen molar-refractivity contribution in [3.05, 3.63) is 29.6 Å². The Morgan fingerprint density at radius 2 is 2.22 bits per heavy atom. The molecule has 0 spiro atoms. The third kappa shape index (κ3) is 2.89. The van der Waals surface area contributed by atoms with Crippen LogP contribution in [0.2, 0.25) is 0 Å². The fraction of sp³-hybridized carbons (Fsp3) is 0.533. The van der Waals surface area contributed by atoms with Gasteiger partial charge in [0.15, 0.2) is 0 Å². The molecule has 1 aliphatic rings. The molecule has 0 saturated carbocycles. The summed E-state index contributed by atoms with van der Waals surface area (Å²) in [7, 11) is 0. The van der Waals surface area contributed by atoms with E-state index in [1.165, 1.54) is 42.6 Å².